The molecule has 0 aromatic heterocycles. The Hall–Kier alpha value is -2.51. The fraction of sp³-hybridized carbons (Fsp3) is 0.333. The maximum absolute atomic E-state index is 13.1. The zero-order valence-electron chi connectivity index (χ0n) is 10.9. The molecule has 1 rings (SSSR count). The molecular weight excluding hydrogens is 271 g/mol. The zero-order chi connectivity index (χ0) is 15.3. The number of ether oxygens (including phenoxy) is 1. The highest BCUT2D eigenvalue weighted by atomic mass is 19.1. The topological polar surface area (TPSA) is 98.5 Å². The molecule has 108 valence electrons. The van der Waals surface area contributed by atoms with Crippen molar-refractivity contribution in [2.45, 2.75) is 19.9 Å². The fourth-order valence-corrected chi connectivity index (χ4v) is 1.40. The van der Waals surface area contributed by atoms with Crippen molar-refractivity contribution < 1.29 is 23.6 Å². The molecule has 20 heavy (non-hydrogen) atoms. The normalized spacial score (nSPS) is 11.6. The molecule has 1 aromatic carbocycles. The molecule has 0 spiro atoms. The minimum atomic E-state index is -1.04. The maximum atomic E-state index is 13.1. The molecule has 0 aliphatic rings. The van der Waals surface area contributed by atoms with Gasteiger partial charge in [-0.1, -0.05) is 0 Å². The predicted octanol–water partition coefficient (Wildman–Crippen LogP) is 1.42. The number of amides is 1. The van der Waals surface area contributed by atoms with Gasteiger partial charge in [-0.25, -0.2) is 4.79 Å². The molecule has 1 aromatic rings. The van der Waals surface area contributed by atoms with Crippen molar-refractivity contribution in [2.75, 3.05) is 6.61 Å². The first-order valence-electron chi connectivity index (χ1n) is 5.78. The van der Waals surface area contributed by atoms with Crippen LogP contribution in [-0.4, -0.2) is 29.4 Å². The molecule has 0 heterocycles. The summed E-state index contributed by atoms with van der Waals surface area (Å²) in [7, 11) is 0. The minimum Gasteiger partial charge on any atom is -0.464 e. The molecule has 0 bridgehead atoms. The van der Waals surface area contributed by atoms with Gasteiger partial charge in [-0.2, -0.15) is 4.39 Å². The number of benzene rings is 1. The van der Waals surface area contributed by atoms with E-state index in [-0.39, 0.29) is 12.2 Å². The Balaban J connectivity index is 2.85. The molecule has 1 N–H and O–H groups in total. The number of esters is 1. The van der Waals surface area contributed by atoms with Crippen molar-refractivity contribution in [3.05, 3.63) is 39.7 Å². The van der Waals surface area contributed by atoms with Gasteiger partial charge in [0.05, 0.1) is 11.5 Å². The summed E-state index contributed by atoms with van der Waals surface area (Å²) in [5.41, 5.74) is -0.921. The average Bonchev–Trinajstić information content (AvgIpc) is 2.38. The highest BCUT2D eigenvalue weighted by Gasteiger charge is 2.21. The second-order valence-electron chi connectivity index (χ2n) is 3.87. The van der Waals surface area contributed by atoms with Crippen molar-refractivity contribution in [2.24, 2.45) is 0 Å². The fourth-order valence-electron chi connectivity index (χ4n) is 1.40. The summed E-state index contributed by atoms with van der Waals surface area (Å²) in [6.45, 7) is 3.20. The van der Waals surface area contributed by atoms with E-state index in [0.29, 0.717) is 0 Å². The number of hydrogen-bond acceptors (Lipinski definition) is 5. The summed E-state index contributed by atoms with van der Waals surface area (Å²) in [6, 6.07) is 1.81. The van der Waals surface area contributed by atoms with E-state index in [1.807, 2.05) is 0 Å². The van der Waals surface area contributed by atoms with E-state index in [1.165, 1.54) is 6.92 Å². The monoisotopic (exact) mass is 284 g/mol. The molecule has 1 unspecified atom stereocenters. The van der Waals surface area contributed by atoms with E-state index in [1.54, 1.807) is 6.92 Å². The second kappa shape index (κ2) is 6.60. The largest absolute Gasteiger partial charge is 0.464 e. The van der Waals surface area contributed by atoms with Crippen LogP contribution >= 0.6 is 0 Å². The Labute approximate surface area is 113 Å². The lowest BCUT2D eigenvalue weighted by molar-refractivity contribution is -0.387. The van der Waals surface area contributed by atoms with Crippen molar-refractivity contribution in [3.63, 3.8) is 0 Å². The van der Waals surface area contributed by atoms with Gasteiger partial charge in [-0.3, -0.25) is 14.9 Å². The van der Waals surface area contributed by atoms with Crippen LogP contribution in [-0.2, 0) is 9.53 Å². The highest BCUT2D eigenvalue weighted by Crippen LogP contribution is 2.18. The van der Waals surface area contributed by atoms with Crippen molar-refractivity contribution in [1.29, 1.82) is 0 Å². The smallest absolute Gasteiger partial charge is 0.328 e. The maximum Gasteiger partial charge on any atom is 0.328 e. The number of nitro benzene ring substituents is 1. The minimum absolute atomic E-state index is 0.116. The molecule has 0 aliphatic carbocycles. The Bertz CT molecular complexity index is 547. The van der Waals surface area contributed by atoms with Crippen LogP contribution in [0, 0.1) is 15.9 Å². The Morgan fingerprint density at radius 1 is 1.50 bits per heavy atom. The van der Waals surface area contributed by atoms with Gasteiger partial charge >= 0.3 is 11.7 Å². The van der Waals surface area contributed by atoms with Crippen molar-refractivity contribution >= 4 is 17.6 Å². The first kappa shape index (κ1) is 15.5. The Morgan fingerprint density at radius 3 is 2.70 bits per heavy atom. The molecule has 0 radical (unpaired) electrons. The lowest BCUT2D eigenvalue weighted by Crippen LogP contribution is -2.39. The third kappa shape index (κ3) is 3.74. The van der Waals surface area contributed by atoms with Gasteiger partial charge in [-0.15, -0.1) is 0 Å². The van der Waals surface area contributed by atoms with Gasteiger partial charge < -0.3 is 10.1 Å². The molecule has 1 amide bonds. The summed E-state index contributed by atoms with van der Waals surface area (Å²) in [4.78, 5) is 32.8. The van der Waals surface area contributed by atoms with Gasteiger partial charge in [0, 0.05) is 11.6 Å². The summed E-state index contributed by atoms with van der Waals surface area (Å²) in [5.74, 6) is -2.39. The van der Waals surface area contributed by atoms with E-state index >= 15 is 0 Å². The molecule has 0 saturated carbocycles. The van der Waals surface area contributed by atoms with Crippen LogP contribution < -0.4 is 5.32 Å². The quantitative estimate of drug-likeness (QED) is 0.501. The standard InChI is InChI=1S/C12H13FN2O5/c1-3-20-12(17)7(2)14-11(16)8-4-5-9(13)10(6-8)15(18)19/h4-7H,3H2,1-2H3,(H,14,16). The van der Waals surface area contributed by atoms with Gasteiger partial charge in [0.15, 0.2) is 0 Å². The Kier molecular flexibility index (Phi) is 5.13. The number of nitrogens with one attached hydrogen (secondary N) is 1. The summed E-state index contributed by atoms with van der Waals surface area (Å²) < 4.78 is 17.8. The molecule has 0 aliphatic heterocycles. The van der Waals surface area contributed by atoms with Crippen molar-refractivity contribution in [1.82, 2.24) is 5.32 Å². The summed E-state index contributed by atoms with van der Waals surface area (Å²) >= 11 is 0. The van der Waals surface area contributed by atoms with E-state index in [0.717, 1.165) is 18.2 Å². The van der Waals surface area contributed by atoms with Crippen LogP contribution in [0.25, 0.3) is 0 Å². The van der Waals surface area contributed by atoms with Gasteiger partial charge in [0.2, 0.25) is 5.82 Å². The third-order valence-corrected chi connectivity index (χ3v) is 2.39. The molecule has 0 saturated heterocycles. The van der Waals surface area contributed by atoms with Crippen LogP contribution in [0.2, 0.25) is 0 Å². The first-order chi connectivity index (χ1) is 9.36. The van der Waals surface area contributed by atoms with E-state index in [4.69, 9.17) is 4.74 Å². The van der Waals surface area contributed by atoms with E-state index in [9.17, 15) is 24.1 Å². The number of nitro groups is 1. The zero-order valence-corrected chi connectivity index (χ0v) is 10.9. The molecule has 1 atom stereocenters. The number of nitrogens with zero attached hydrogens (tertiary/aromatic N) is 1. The third-order valence-electron chi connectivity index (χ3n) is 2.39. The van der Waals surface area contributed by atoms with Crippen LogP contribution in [0.1, 0.15) is 24.2 Å². The van der Waals surface area contributed by atoms with E-state index < -0.39 is 34.3 Å². The lowest BCUT2D eigenvalue weighted by atomic mass is 10.1. The van der Waals surface area contributed by atoms with E-state index in [2.05, 4.69) is 5.32 Å². The van der Waals surface area contributed by atoms with Crippen LogP contribution in [0.3, 0.4) is 0 Å². The summed E-state index contributed by atoms with van der Waals surface area (Å²) in [5, 5.41) is 12.9. The number of carbonyl (C=O) groups excluding carboxylic acids is 2. The molecule has 0 fully saturated rings. The molecule has 8 heteroatoms. The lowest BCUT2D eigenvalue weighted by Gasteiger charge is -2.12. The van der Waals surface area contributed by atoms with Crippen molar-refractivity contribution in [3.8, 4) is 0 Å². The highest BCUT2D eigenvalue weighted by molar-refractivity contribution is 5.97. The van der Waals surface area contributed by atoms with Crippen LogP contribution in [0.5, 0.6) is 0 Å². The SMILES string of the molecule is CCOC(=O)C(C)NC(=O)c1ccc(F)c([N+](=O)[O-])c1. The second-order valence-corrected chi connectivity index (χ2v) is 3.87. The predicted molar refractivity (Wildman–Crippen MR) is 66.6 cm³/mol. The van der Waals surface area contributed by atoms with Crippen LogP contribution in [0.4, 0.5) is 10.1 Å². The number of carbonyl (C=O) groups is 2. The average molecular weight is 284 g/mol. The number of rotatable bonds is 5. The van der Waals surface area contributed by atoms with Gasteiger partial charge in [0.1, 0.15) is 6.04 Å². The van der Waals surface area contributed by atoms with Gasteiger partial charge in [0.25, 0.3) is 5.91 Å². The van der Waals surface area contributed by atoms with Crippen LogP contribution in [0.15, 0.2) is 18.2 Å². The first-order valence-corrected chi connectivity index (χ1v) is 5.78. The molecular formula is C12H13FN2O5. The Morgan fingerprint density at radius 2 is 2.15 bits per heavy atom. The number of halogens is 1. The van der Waals surface area contributed by atoms with Gasteiger partial charge in [-0.05, 0) is 26.0 Å². The summed E-state index contributed by atoms with van der Waals surface area (Å²) in [6.07, 6.45) is 0. The number of hydrogen-bond donors (Lipinski definition) is 1. The molecule has 7 nitrogen and oxygen atoms in total.